The molecule has 0 aliphatic carbocycles. The second kappa shape index (κ2) is 6.73. The van der Waals surface area contributed by atoms with Gasteiger partial charge >= 0.3 is 0 Å². The van der Waals surface area contributed by atoms with Gasteiger partial charge in [-0.1, -0.05) is 22.9 Å². The number of hydrogen-bond donors (Lipinski definition) is 0. The lowest BCUT2D eigenvalue weighted by molar-refractivity contribution is 0.317. The first kappa shape index (κ1) is 13.3. The molecule has 0 atom stereocenters. The van der Waals surface area contributed by atoms with Crippen LogP contribution in [0.1, 0.15) is 18.9 Å². The summed E-state index contributed by atoms with van der Waals surface area (Å²) >= 11 is 3.35. The van der Waals surface area contributed by atoms with Crippen LogP contribution in [-0.4, -0.2) is 6.61 Å². The van der Waals surface area contributed by atoms with Crippen molar-refractivity contribution in [3.8, 4) is 17.9 Å². The summed E-state index contributed by atoms with van der Waals surface area (Å²) in [5.74, 6) is 0.679. The molecule has 0 heterocycles. The zero-order valence-electron chi connectivity index (χ0n) is 9.40. The van der Waals surface area contributed by atoms with Crippen LogP contribution in [0.15, 0.2) is 28.2 Å². The number of ether oxygens (including phenoxy) is 1. The van der Waals surface area contributed by atoms with Crippen molar-refractivity contribution in [1.82, 2.24) is 0 Å². The summed E-state index contributed by atoms with van der Waals surface area (Å²) in [6.07, 6.45) is 2.43. The number of nitrogens with zero attached hydrogens (tertiary/aromatic N) is 2. The van der Waals surface area contributed by atoms with Crippen molar-refractivity contribution in [1.29, 1.82) is 10.5 Å². The van der Waals surface area contributed by atoms with Crippen molar-refractivity contribution in [2.24, 2.45) is 0 Å². The van der Waals surface area contributed by atoms with E-state index in [1.54, 1.807) is 0 Å². The van der Waals surface area contributed by atoms with Gasteiger partial charge in [-0.25, -0.2) is 0 Å². The fourth-order valence-corrected chi connectivity index (χ4v) is 1.60. The summed E-state index contributed by atoms with van der Waals surface area (Å²) in [5, 5.41) is 17.5. The van der Waals surface area contributed by atoms with E-state index < -0.39 is 0 Å². The fourth-order valence-electron chi connectivity index (χ4n) is 1.22. The molecular weight excluding hydrogens is 280 g/mol. The minimum atomic E-state index is 0.0597. The van der Waals surface area contributed by atoms with Gasteiger partial charge in [0, 0.05) is 10.0 Å². The Morgan fingerprint density at radius 1 is 1.41 bits per heavy atom. The molecule has 86 valence electrons. The predicted molar refractivity (Wildman–Crippen MR) is 69.1 cm³/mol. The Kier molecular flexibility index (Phi) is 5.26. The van der Waals surface area contributed by atoms with Gasteiger partial charge in [-0.3, -0.25) is 0 Å². The Bertz CT molecular complexity index is 493. The molecule has 0 saturated carbocycles. The van der Waals surface area contributed by atoms with Gasteiger partial charge in [0.1, 0.15) is 23.5 Å². The molecule has 1 aromatic carbocycles. The van der Waals surface area contributed by atoms with E-state index in [0.29, 0.717) is 12.4 Å². The predicted octanol–water partition coefficient (Wildman–Crippen LogP) is 3.67. The van der Waals surface area contributed by atoms with Gasteiger partial charge in [0.15, 0.2) is 0 Å². The zero-order chi connectivity index (χ0) is 12.7. The first-order valence-corrected chi connectivity index (χ1v) is 5.94. The first-order valence-electron chi connectivity index (χ1n) is 5.15. The summed E-state index contributed by atoms with van der Waals surface area (Å²) in [6.45, 7) is 2.63. The summed E-state index contributed by atoms with van der Waals surface area (Å²) in [5.41, 5.74) is 0.787. The molecule has 0 radical (unpaired) electrons. The molecule has 3 nitrogen and oxygen atoms in total. The van der Waals surface area contributed by atoms with Crippen LogP contribution >= 0.6 is 15.9 Å². The Hall–Kier alpha value is -1.78. The molecule has 0 aromatic heterocycles. The SMILES string of the molecule is CCCOc1ccc(Br)cc1C=C(C#N)C#N. The minimum Gasteiger partial charge on any atom is -0.493 e. The van der Waals surface area contributed by atoms with Crippen LogP contribution in [0, 0.1) is 22.7 Å². The Morgan fingerprint density at radius 3 is 2.71 bits per heavy atom. The van der Waals surface area contributed by atoms with Crippen LogP contribution in [0.4, 0.5) is 0 Å². The highest BCUT2D eigenvalue weighted by molar-refractivity contribution is 9.10. The van der Waals surface area contributed by atoms with E-state index in [2.05, 4.69) is 15.9 Å². The molecule has 0 fully saturated rings. The average molecular weight is 291 g/mol. The van der Waals surface area contributed by atoms with Crippen LogP contribution in [0.3, 0.4) is 0 Å². The molecule has 0 spiro atoms. The van der Waals surface area contributed by atoms with Crippen molar-refractivity contribution in [3.63, 3.8) is 0 Å². The number of benzene rings is 1. The van der Waals surface area contributed by atoms with E-state index in [-0.39, 0.29) is 5.57 Å². The van der Waals surface area contributed by atoms with Crippen LogP contribution in [0.2, 0.25) is 0 Å². The van der Waals surface area contributed by atoms with Crippen LogP contribution in [0.25, 0.3) is 6.08 Å². The second-order valence-electron chi connectivity index (χ2n) is 3.31. The fraction of sp³-hybridized carbons (Fsp3) is 0.231. The summed E-state index contributed by atoms with van der Waals surface area (Å²) in [6, 6.07) is 9.16. The molecule has 17 heavy (non-hydrogen) atoms. The quantitative estimate of drug-likeness (QED) is 0.795. The molecule has 0 aliphatic rings. The molecular formula is C13H11BrN2O. The monoisotopic (exact) mass is 290 g/mol. The summed E-state index contributed by atoms with van der Waals surface area (Å²) in [4.78, 5) is 0. The number of allylic oxidation sites excluding steroid dienone is 1. The molecule has 0 aliphatic heterocycles. The highest BCUT2D eigenvalue weighted by atomic mass is 79.9. The zero-order valence-corrected chi connectivity index (χ0v) is 11.0. The second-order valence-corrected chi connectivity index (χ2v) is 4.23. The molecule has 0 bridgehead atoms. The lowest BCUT2D eigenvalue weighted by Gasteiger charge is -2.08. The lowest BCUT2D eigenvalue weighted by atomic mass is 10.1. The van der Waals surface area contributed by atoms with Gasteiger partial charge in [0.05, 0.1) is 6.61 Å². The van der Waals surface area contributed by atoms with E-state index in [0.717, 1.165) is 16.5 Å². The van der Waals surface area contributed by atoms with Gasteiger partial charge in [0.2, 0.25) is 0 Å². The van der Waals surface area contributed by atoms with Crippen molar-refractivity contribution in [2.75, 3.05) is 6.61 Å². The third-order valence-electron chi connectivity index (χ3n) is 1.97. The first-order chi connectivity index (χ1) is 8.21. The number of hydrogen-bond acceptors (Lipinski definition) is 3. The van der Waals surface area contributed by atoms with Crippen LogP contribution in [-0.2, 0) is 0 Å². The Morgan fingerprint density at radius 2 is 2.12 bits per heavy atom. The number of rotatable bonds is 4. The van der Waals surface area contributed by atoms with Crippen molar-refractivity contribution in [3.05, 3.63) is 33.8 Å². The average Bonchev–Trinajstić information content (AvgIpc) is 2.35. The smallest absolute Gasteiger partial charge is 0.130 e. The summed E-state index contributed by atoms with van der Waals surface area (Å²) in [7, 11) is 0. The molecule has 4 heteroatoms. The van der Waals surface area contributed by atoms with E-state index in [9.17, 15) is 0 Å². The van der Waals surface area contributed by atoms with E-state index in [1.165, 1.54) is 6.08 Å². The van der Waals surface area contributed by atoms with Gasteiger partial charge in [-0.2, -0.15) is 10.5 Å². The maximum atomic E-state index is 8.73. The van der Waals surface area contributed by atoms with E-state index >= 15 is 0 Å². The Labute approximate surface area is 109 Å². The molecule has 0 amide bonds. The highest BCUT2D eigenvalue weighted by Crippen LogP contribution is 2.25. The maximum Gasteiger partial charge on any atom is 0.130 e. The van der Waals surface area contributed by atoms with Gasteiger partial charge in [-0.05, 0) is 30.7 Å². The van der Waals surface area contributed by atoms with Gasteiger partial charge in [0.25, 0.3) is 0 Å². The van der Waals surface area contributed by atoms with Crippen molar-refractivity contribution < 1.29 is 4.74 Å². The molecule has 1 aromatic rings. The van der Waals surface area contributed by atoms with Crippen molar-refractivity contribution >= 4 is 22.0 Å². The lowest BCUT2D eigenvalue weighted by Crippen LogP contribution is -1.97. The third-order valence-corrected chi connectivity index (χ3v) is 2.47. The topological polar surface area (TPSA) is 56.8 Å². The Balaban J connectivity index is 3.12. The van der Waals surface area contributed by atoms with Crippen molar-refractivity contribution in [2.45, 2.75) is 13.3 Å². The molecule has 1 rings (SSSR count). The summed E-state index contributed by atoms with van der Waals surface area (Å²) < 4.78 is 6.42. The van der Waals surface area contributed by atoms with E-state index in [4.69, 9.17) is 15.3 Å². The molecule has 0 unspecified atom stereocenters. The number of nitriles is 2. The minimum absolute atomic E-state index is 0.0597. The highest BCUT2D eigenvalue weighted by Gasteiger charge is 2.04. The van der Waals surface area contributed by atoms with Gasteiger partial charge in [-0.15, -0.1) is 0 Å². The van der Waals surface area contributed by atoms with Crippen LogP contribution in [0.5, 0.6) is 5.75 Å². The largest absolute Gasteiger partial charge is 0.493 e. The van der Waals surface area contributed by atoms with E-state index in [1.807, 2.05) is 37.3 Å². The standard InChI is InChI=1S/C13H11BrN2O/c1-2-5-17-13-4-3-12(14)7-11(13)6-10(8-15)9-16/h3-4,6-7H,2,5H2,1H3. The van der Waals surface area contributed by atoms with Crippen LogP contribution < -0.4 is 4.74 Å². The normalized spacial score (nSPS) is 8.94. The van der Waals surface area contributed by atoms with Gasteiger partial charge < -0.3 is 4.74 Å². The molecule has 0 N–H and O–H groups in total. The number of halogens is 1. The maximum absolute atomic E-state index is 8.73. The third kappa shape index (κ3) is 3.94. The molecule has 0 saturated heterocycles.